The summed E-state index contributed by atoms with van der Waals surface area (Å²) in [4.78, 5) is 12.8. The van der Waals surface area contributed by atoms with Crippen molar-refractivity contribution in [3.05, 3.63) is 137 Å². The Morgan fingerprint density at radius 1 is 0.667 bits per heavy atom. The largest absolute Gasteiger partial charge is 0.485 e. The molecule has 0 atom stereocenters. The third-order valence-corrected chi connectivity index (χ3v) is 5.72. The van der Waals surface area contributed by atoms with Gasteiger partial charge in [0.05, 0.1) is 0 Å². The molecule has 33 heavy (non-hydrogen) atoms. The second kappa shape index (κ2) is 9.58. The van der Waals surface area contributed by atoms with E-state index in [1.807, 2.05) is 109 Å². The highest BCUT2D eigenvalue weighted by molar-refractivity contribution is 6.15. The van der Waals surface area contributed by atoms with Crippen LogP contribution in [0.4, 0.5) is 0 Å². The zero-order valence-electron chi connectivity index (χ0n) is 18.2. The van der Waals surface area contributed by atoms with E-state index in [0.717, 1.165) is 33.4 Å². The Morgan fingerprint density at radius 2 is 1.27 bits per heavy atom. The lowest BCUT2D eigenvalue weighted by atomic mass is 10.1. The van der Waals surface area contributed by atoms with Gasteiger partial charge in [0, 0.05) is 17.6 Å². The minimum absolute atomic E-state index is 0.0989. The number of benzene rings is 4. The van der Waals surface area contributed by atoms with E-state index in [0.29, 0.717) is 31.1 Å². The van der Waals surface area contributed by atoms with E-state index in [9.17, 15) is 4.79 Å². The van der Waals surface area contributed by atoms with Gasteiger partial charge in [0.1, 0.15) is 13.2 Å². The maximum Gasteiger partial charge on any atom is 0.189 e. The lowest BCUT2D eigenvalue weighted by Gasteiger charge is -2.14. The average Bonchev–Trinajstić information content (AvgIpc) is 3.18. The fraction of sp³-hybridized carbons (Fsp3) is 0.100. The minimum atomic E-state index is 0.0989. The minimum Gasteiger partial charge on any atom is -0.485 e. The first-order valence-electron chi connectivity index (χ1n) is 11.1. The van der Waals surface area contributed by atoms with Crippen molar-refractivity contribution in [3.8, 4) is 11.5 Å². The molecule has 0 aliphatic heterocycles. The standard InChI is InChI=1S/C30H24O3/c31-30-26(19-25-13-7-8-14-27(25)30)17-24-15-16-28(32-20-22-9-3-1-4-10-22)29(18-24)33-21-23-11-5-2-6-12-23/h1-18H,19-21H2. The van der Waals surface area contributed by atoms with Crippen molar-refractivity contribution in [1.29, 1.82) is 0 Å². The zero-order valence-corrected chi connectivity index (χ0v) is 18.2. The molecule has 3 heteroatoms. The molecule has 0 unspecified atom stereocenters. The molecule has 0 aromatic heterocycles. The number of allylic oxidation sites excluding steroid dienone is 1. The molecule has 0 spiro atoms. The molecule has 0 heterocycles. The van der Waals surface area contributed by atoms with Crippen LogP contribution in [0.5, 0.6) is 11.5 Å². The van der Waals surface area contributed by atoms with Gasteiger partial charge in [-0.25, -0.2) is 0 Å². The number of hydrogen-bond acceptors (Lipinski definition) is 3. The highest BCUT2D eigenvalue weighted by atomic mass is 16.5. The van der Waals surface area contributed by atoms with Gasteiger partial charge in [-0.2, -0.15) is 0 Å². The van der Waals surface area contributed by atoms with Gasteiger partial charge in [-0.1, -0.05) is 91.0 Å². The normalized spacial score (nSPS) is 13.7. The Bertz CT molecular complexity index is 1290. The van der Waals surface area contributed by atoms with Gasteiger partial charge in [-0.15, -0.1) is 0 Å². The van der Waals surface area contributed by atoms with Gasteiger partial charge in [-0.05, 0) is 40.5 Å². The molecule has 0 radical (unpaired) electrons. The first-order chi connectivity index (χ1) is 16.3. The first-order valence-corrected chi connectivity index (χ1v) is 11.1. The number of rotatable bonds is 7. The van der Waals surface area contributed by atoms with Crippen molar-refractivity contribution >= 4 is 11.9 Å². The number of hydrogen-bond donors (Lipinski definition) is 0. The molecule has 0 saturated carbocycles. The van der Waals surface area contributed by atoms with E-state index >= 15 is 0 Å². The van der Waals surface area contributed by atoms with Crippen molar-refractivity contribution < 1.29 is 14.3 Å². The van der Waals surface area contributed by atoms with Crippen molar-refractivity contribution in [3.63, 3.8) is 0 Å². The Morgan fingerprint density at radius 3 is 1.94 bits per heavy atom. The summed E-state index contributed by atoms with van der Waals surface area (Å²) in [5.41, 5.74) is 5.76. The fourth-order valence-corrected chi connectivity index (χ4v) is 3.99. The second-order valence-corrected chi connectivity index (χ2v) is 8.09. The van der Waals surface area contributed by atoms with Crippen LogP contribution in [0.15, 0.2) is 109 Å². The van der Waals surface area contributed by atoms with E-state index in [4.69, 9.17) is 9.47 Å². The topological polar surface area (TPSA) is 35.5 Å². The zero-order chi connectivity index (χ0) is 22.5. The van der Waals surface area contributed by atoms with E-state index in [2.05, 4.69) is 0 Å². The number of carbonyl (C=O) groups is 1. The van der Waals surface area contributed by atoms with Crippen LogP contribution in [0.25, 0.3) is 6.08 Å². The van der Waals surface area contributed by atoms with E-state index in [1.165, 1.54) is 0 Å². The lowest BCUT2D eigenvalue weighted by Crippen LogP contribution is -2.01. The van der Waals surface area contributed by atoms with Gasteiger partial charge in [-0.3, -0.25) is 4.79 Å². The lowest BCUT2D eigenvalue weighted by molar-refractivity contribution is 0.104. The molecular formula is C30H24O3. The van der Waals surface area contributed by atoms with Crippen LogP contribution in [-0.4, -0.2) is 5.78 Å². The van der Waals surface area contributed by atoms with Crippen LogP contribution < -0.4 is 9.47 Å². The van der Waals surface area contributed by atoms with Crippen molar-refractivity contribution in [2.45, 2.75) is 19.6 Å². The third kappa shape index (κ3) is 4.88. The number of carbonyl (C=O) groups excluding carboxylic acids is 1. The maximum atomic E-state index is 12.8. The quantitative estimate of drug-likeness (QED) is 0.306. The van der Waals surface area contributed by atoms with Crippen LogP contribution in [-0.2, 0) is 19.6 Å². The highest BCUT2D eigenvalue weighted by Crippen LogP contribution is 2.33. The van der Waals surface area contributed by atoms with Crippen molar-refractivity contribution in [1.82, 2.24) is 0 Å². The molecule has 0 fully saturated rings. The van der Waals surface area contributed by atoms with Crippen molar-refractivity contribution in [2.24, 2.45) is 0 Å². The van der Waals surface area contributed by atoms with Crippen LogP contribution in [0, 0.1) is 0 Å². The monoisotopic (exact) mass is 432 g/mol. The Balaban J connectivity index is 1.40. The Kier molecular flexibility index (Phi) is 6.03. The molecule has 4 aromatic rings. The third-order valence-electron chi connectivity index (χ3n) is 5.72. The summed E-state index contributed by atoms with van der Waals surface area (Å²) in [6.45, 7) is 0.893. The fourth-order valence-electron chi connectivity index (χ4n) is 3.99. The average molecular weight is 433 g/mol. The number of fused-ring (bicyclic) bond motifs is 1. The van der Waals surface area contributed by atoms with Crippen LogP contribution >= 0.6 is 0 Å². The predicted molar refractivity (Wildman–Crippen MR) is 130 cm³/mol. The van der Waals surface area contributed by atoms with Crippen molar-refractivity contribution in [2.75, 3.05) is 0 Å². The van der Waals surface area contributed by atoms with E-state index in [1.54, 1.807) is 0 Å². The molecular weight excluding hydrogens is 408 g/mol. The SMILES string of the molecule is O=C1C(=Cc2ccc(OCc3ccccc3)c(OCc3ccccc3)c2)Cc2ccccc21. The van der Waals surface area contributed by atoms with Crippen LogP contribution in [0.1, 0.15) is 32.6 Å². The molecule has 3 nitrogen and oxygen atoms in total. The molecule has 0 saturated heterocycles. The molecule has 0 N–H and O–H groups in total. The predicted octanol–water partition coefficient (Wildman–Crippen LogP) is 6.67. The van der Waals surface area contributed by atoms with Gasteiger partial charge in [0.15, 0.2) is 17.3 Å². The summed E-state index contributed by atoms with van der Waals surface area (Å²) >= 11 is 0. The Hall–Kier alpha value is -4.11. The second-order valence-electron chi connectivity index (χ2n) is 8.09. The number of Topliss-reactive ketones (excluding diaryl/α,β-unsaturated/α-hetero) is 1. The highest BCUT2D eigenvalue weighted by Gasteiger charge is 2.24. The first kappa shape index (κ1) is 20.8. The molecule has 162 valence electrons. The number of ether oxygens (including phenoxy) is 2. The molecule has 5 rings (SSSR count). The molecule has 4 aromatic carbocycles. The maximum absolute atomic E-state index is 12.8. The summed E-state index contributed by atoms with van der Waals surface area (Å²) in [6.07, 6.45) is 2.61. The van der Waals surface area contributed by atoms with Gasteiger partial charge in [0.2, 0.25) is 0 Å². The summed E-state index contributed by atoms with van der Waals surface area (Å²) in [5, 5.41) is 0. The molecule has 1 aliphatic carbocycles. The summed E-state index contributed by atoms with van der Waals surface area (Å²) in [6, 6.07) is 33.7. The summed E-state index contributed by atoms with van der Waals surface area (Å²) in [5.74, 6) is 1.44. The van der Waals surface area contributed by atoms with E-state index < -0.39 is 0 Å². The molecule has 0 bridgehead atoms. The number of ketones is 1. The van der Waals surface area contributed by atoms with Gasteiger partial charge in [0.25, 0.3) is 0 Å². The van der Waals surface area contributed by atoms with Gasteiger partial charge < -0.3 is 9.47 Å². The van der Waals surface area contributed by atoms with Gasteiger partial charge >= 0.3 is 0 Å². The van der Waals surface area contributed by atoms with E-state index in [-0.39, 0.29) is 5.78 Å². The summed E-state index contributed by atoms with van der Waals surface area (Å²) in [7, 11) is 0. The summed E-state index contributed by atoms with van der Waals surface area (Å²) < 4.78 is 12.3. The smallest absolute Gasteiger partial charge is 0.189 e. The molecule has 0 amide bonds. The van der Waals surface area contributed by atoms with Crippen LogP contribution in [0.2, 0.25) is 0 Å². The Labute approximate surface area is 193 Å². The van der Waals surface area contributed by atoms with Crippen LogP contribution in [0.3, 0.4) is 0 Å². The molecule has 1 aliphatic rings.